The Labute approximate surface area is 116 Å². The molecule has 1 amide bonds. The summed E-state index contributed by atoms with van der Waals surface area (Å²) < 4.78 is 0. The number of hydrogen-bond acceptors (Lipinski definition) is 3. The number of carboxylic acid groups (broad SMARTS) is 1. The summed E-state index contributed by atoms with van der Waals surface area (Å²) in [5.74, 6) is -1.53. The van der Waals surface area contributed by atoms with E-state index in [0.29, 0.717) is 19.0 Å². The van der Waals surface area contributed by atoms with E-state index in [1.807, 2.05) is 22.4 Å². The Balaban J connectivity index is 1.70. The Bertz CT molecular complexity index is 481. The van der Waals surface area contributed by atoms with Crippen LogP contribution in [-0.2, 0) is 16.1 Å². The van der Waals surface area contributed by atoms with Crippen LogP contribution in [0.3, 0.4) is 0 Å². The van der Waals surface area contributed by atoms with Gasteiger partial charge in [0.25, 0.3) is 0 Å². The lowest BCUT2D eigenvalue weighted by Gasteiger charge is -2.36. The molecule has 2 saturated carbocycles. The Morgan fingerprint density at radius 2 is 2.00 bits per heavy atom. The van der Waals surface area contributed by atoms with Crippen LogP contribution in [0.2, 0.25) is 0 Å². The molecule has 2 aliphatic carbocycles. The highest BCUT2D eigenvalue weighted by atomic mass is 32.1. The van der Waals surface area contributed by atoms with E-state index < -0.39 is 11.9 Å². The number of rotatable bonds is 5. The van der Waals surface area contributed by atoms with Crippen molar-refractivity contribution in [2.75, 3.05) is 0 Å². The molecule has 0 bridgehead atoms. The monoisotopic (exact) mass is 279 g/mol. The molecule has 1 N–H and O–H groups in total. The average molecular weight is 279 g/mol. The predicted octanol–water partition coefficient (Wildman–Crippen LogP) is 2.35. The van der Waals surface area contributed by atoms with Crippen molar-refractivity contribution < 1.29 is 14.7 Å². The van der Waals surface area contributed by atoms with Crippen LogP contribution >= 0.6 is 11.3 Å². The van der Waals surface area contributed by atoms with Crippen LogP contribution in [0, 0.1) is 11.8 Å². The van der Waals surface area contributed by atoms with E-state index >= 15 is 0 Å². The summed E-state index contributed by atoms with van der Waals surface area (Å²) >= 11 is 1.65. The summed E-state index contributed by atoms with van der Waals surface area (Å²) in [6, 6.07) is 4.35. The second-order valence-corrected chi connectivity index (χ2v) is 6.44. The van der Waals surface area contributed by atoms with Gasteiger partial charge in [0.15, 0.2) is 0 Å². The first kappa shape index (κ1) is 12.7. The minimum Gasteiger partial charge on any atom is -0.481 e. The average Bonchev–Trinajstić information content (AvgIpc) is 3.01. The summed E-state index contributed by atoms with van der Waals surface area (Å²) in [5, 5.41) is 11.1. The van der Waals surface area contributed by atoms with Gasteiger partial charge >= 0.3 is 5.97 Å². The third kappa shape index (κ3) is 2.52. The normalized spacial score (nSPS) is 25.7. The van der Waals surface area contributed by atoms with Crippen molar-refractivity contribution in [1.82, 2.24) is 4.90 Å². The molecule has 102 valence electrons. The third-order valence-electron chi connectivity index (χ3n) is 4.09. The van der Waals surface area contributed by atoms with Gasteiger partial charge in [0.2, 0.25) is 5.91 Å². The maximum atomic E-state index is 12.5. The van der Waals surface area contributed by atoms with Gasteiger partial charge in [0.05, 0.1) is 18.4 Å². The number of thiophene rings is 1. The molecule has 0 aliphatic heterocycles. The molecule has 1 aromatic heterocycles. The summed E-state index contributed by atoms with van der Waals surface area (Å²) in [5.41, 5.74) is 0. The number of amides is 1. The molecule has 2 atom stereocenters. The fourth-order valence-corrected chi connectivity index (χ4v) is 3.35. The zero-order valence-electron chi connectivity index (χ0n) is 10.6. The number of aliphatic carboxylic acids is 1. The zero-order valence-corrected chi connectivity index (χ0v) is 11.4. The molecule has 1 heterocycles. The van der Waals surface area contributed by atoms with Crippen LogP contribution < -0.4 is 0 Å². The first-order valence-corrected chi connectivity index (χ1v) is 7.60. The topological polar surface area (TPSA) is 57.6 Å². The Kier molecular flexibility index (Phi) is 3.31. The molecular formula is C14H17NO3S. The summed E-state index contributed by atoms with van der Waals surface area (Å²) in [7, 11) is 0. The predicted molar refractivity (Wildman–Crippen MR) is 71.7 cm³/mol. The van der Waals surface area contributed by atoms with Crippen molar-refractivity contribution in [1.29, 1.82) is 0 Å². The first-order valence-electron chi connectivity index (χ1n) is 6.72. The fourth-order valence-electron chi connectivity index (χ4n) is 2.65. The molecule has 3 rings (SSSR count). The van der Waals surface area contributed by atoms with Crippen molar-refractivity contribution >= 4 is 23.2 Å². The van der Waals surface area contributed by atoms with Gasteiger partial charge < -0.3 is 10.0 Å². The van der Waals surface area contributed by atoms with Gasteiger partial charge in [0.1, 0.15) is 0 Å². The lowest BCUT2D eigenvalue weighted by atomic mass is 9.73. The van der Waals surface area contributed by atoms with Gasteiger partial charge in [-0.15, -0.1) is 11.3 Å². The summed E-state index contributed by atoms with van der Waals surface area (Å²) in [6.07, 6.45) is 3.48. The molecular weight excluding hydrogens is 262 g/mol. The van der Waals surface area contributed by atoms with E-state index in [0.717, 1.165) is 19.3 Å². The van der Waals surface area contributed by atoms with Gasteiger partial charge in [-0.2, -0.15) is 0 Å². The molecule has 2 aliphatic rings. The molecule has 0 saturated heterocycles. The maximum absolute atomic E-state index is 12.5. The number of carboxylic acids is 1. The molecule has 4 nitrogen and oxygen atoms in total. The molecule has 2 fully saturated rings. The molecule has 2 unspecified atom stereocenters. The Morgan fingerprint density at radius 3 is 2.47 bits per heavy atom. The minimum absolute atomic E-state index is 0.0505. The van der Waals surface area contributed by atoms with Crippen LogP contribution in [-0.4, -0.2) is 27.9 Å². The van der Waals surface area contributed by atoms with Crippen molar-refractivity contribution in [3.8, 4) is 0 Å². The summed E-state index contributed by atoms with van der Waals surface area (Å²) in [6.45, 7) is 0.643. The van der Waals surface area contributed by atoms with Crippen LogP contribution in [0.1, 0.15) is 30.6 Å². The third-order valence-corrected chi connectivity index (χ3v) is 4.95. The lowest BCUT2D eigenvalue weighted by molar-refractivity contribution is -0.157. The number of carbonyl (C=O) groups is 2. The smallest absolute Gasteiger partial charge is 0.307 e. The van der Waals surface area contributed by atoms with Gasteiger partial charge in [-0.3, -0.25) is 9.59 Å². The highest BCUT2D eigenvalue weighted by molar-refractivity contribution is 7.09. The van der Waals surface area contributed by atoms with E-state index in [1.54, 1.807) is 11.3 Å². The van der Waals surface area contributed by atoms with E-state index in [4.69, 9.17) is 5.11 Å². The van der Waals surface area contributed by atoms with Gasteiger partial charge in [-0.1, -0.05) is 6.07 Å². The standard InChI is InChI=1S/C14H17NO3S/c16-13(11-5-6-12(11)14(17)18)15(9-3-4-9)8-10-2-1-7-19-10/h1-2,7,9,11-12H,3-6,8H2,(H,17,18). The number of carbonyl (C=O) groups excluding carboxylic acids is 1. The van der Waals surface area contributed by atoms with E-state index in [9.17, 15) is 9.59 Å². The van der Waals surface area contributed by atoms with E-state index in [1.165, 1.54) is 4.88 Å². The highest BCUT2D eigenvalue weighted by Crippen LogP contribution is 2.39. The second kappa shape index (κ2) is 4.96. The fraction of sp³-hybridized carbons (Fsp3) is 0.571. The largest absolute Gasteiger partial charge is 0.481 e. The maximum Gasteiger partial charge on any atom is 0.307 e. The van der Waals surface area contributed by atoms with Crippen molar-refractivity contribution in [3.05, 3.63) is 22.4 Å². The van der Waals surface area contributed by atoms with Gasteiger partial charge in [-0.05, 0) is 37.1 Å². The van der Waals surface area contributed by atoms with Crippen LogP contribution in [0.25, 0.3) is 0 Å². The molecule has 0 spiro atoms. The number of nitrogens with zero attached hydrogens (tertiary/aromatic N) is 1. The molecule has 19 heavy (non-hydrogen) atoms. The van der Waals surface area contributed by atoms with Crippen molar-refractivity contribution in [3.63, 3.8) is 0 Å². The Morgan fingerprint density at radius 1 is 1.26 bits per heavy atom. The number of hydrogen-bond donors (Lipinski definition) is 1. The lowest BCUT2D eigenvalue weighted by Crippen LogP contribution is -2.46. The van der Waals surface area contributed by atoms with Crippen molar-refractivity contribution in [2.45, 2.75) is 38.3 Å². The quantitative estimate of drug-likeness (QED) is 0.900. The Hall–Kier alpha value is -1.36. The van der Waals surface area contributed by atoms with E-state index in [2.05, 4.69) is 0 Å². The highest BCUT2D eigenvalue weighted by Gasteiger charge is 2.45. The van der Waals surface area contributed by atoms with Crippen LogP contribution in [0.15, 0.2) is 17.5 Å². The second-order valence-electron chi connectivity index (χ2n) is 5.41. The zero-order chi connectivity index (χ0) is 13.4. The summed E-state index contributed by atoms with van der Waals surface area (Å²) in [4.78, 5) is 26.6. The van der Waals surface area contributed by atoms with E-state index in [-0.39, 0.29) is 11.8 Å². The molecule has 0 radical (unpaired) electrons. The molecule has 1 aromatic rings. The van der Waals surface area contributed by atoms with Crippen molar-refractivity contribution in [2.24, 2.45) is 11.8 Å². The van der Waals surface area contributed by atoms with Gasteiger partial charge in [-0.25, -0.2) is 0 Å². The minimum atomic E-state index is -0.823. The van der Waals surface area contributed by atoms with Crippen LogP contribution in [0.4, 0.5) is 0 Å². The first-order chi connectivity index (χ1) is 9.16. The van der Waals surface area contributed by atoms with Crippen LogP contribution in [0.5, 0.6) is 0 Å². The molecule has 0 aromatic carbocycles. The van der Waals surface area contributed by atoms with Gasteiger partial charge in [0, 0.05) is 10.9 Å². The SMILES string of the molecule is O=C(O)C1CCC1C(=O)N(Cc1cccs1)C1CC1. The molecule has 5 heteroatoms.